The lowest BCUT2D eigenvalue weighted by atomic mass is 10.2. The molecule has 1 aliphatic carbocycles. The number of hydrogen-bond acceptors (Lipinski definition) is 3. The Morgan fingerprint density at radius 1 is 1.47 bits per heavy atom. The van der Waals surface area contributed by atoms with Crippen LogP contribution in [-0.2, 0) is 6.54 Å². The predicted molar refractivity (Wildman–Crippen MR) is 62.1 cm³/mol. The van der Waals surface area contributed by atoms with Gasteiger partial charge in [-0.3, -0.25) is 10.1 Å². The van der Waals surface area contributed by atoms with Crippen LogP contribution in [0, 0.1) is 21.8 Å². The normalized spacial score (nSPS) is 14.9. The maximum atomic E-state index is 13.6. The Morgan fingerprint density at radius 2 is 2.24 bits per heavy atom. The number of hydrogen-bond donors (Lipinski definition) is 1. The van der Waals surface area contributed by atoms with Gasteiger partial charge >= 0.3 is 5.69 Å². The monoisotopic (exact) mass is 238 g/mol. The van der Waals surface area contributed by atoms with E-state index in [2.05, 4.69) is 5.32 Å². The fourth-order valence-corrected chi connectivity index (χ4v) is 1.78. The van der Waals surface area contributed by atoms with Gasteiger partial charge in [-0.2, -0.15) is 4.39 Å². The Hall–Kier alpha value is -1.49. The minimum Gasteiger partial charge on any atom is -0.313 e. The minimum absolute atomic E-state index is 0.347. The Balaban J connectivity index is 1.90. The van der Waals surface area contributed by atoms with Crippen molar-refractivity contribution in [1.82, 2.24) is 5.32 Å². The van der Waals surface area contributed by atoms with E-state index in [9.17, 15) is 14.5 Å². The van der Waals surface area contributed by atoms with Gasteiger partial charge < -0.3 is 5.32 Å². The van der Waals surface area contributed by atoms with E-state index in [4.69, 9.17) is 0 Å². The number of rotatable bonds is 6. The molecule has 4 nitrogen and oxygen atoms in total. The second-order valence-corrected chi connectivity index (χ2v) is 4.42. The molecule has 0 unspecified atom stereocenters. The van der Waals surface area contributed by atoms with E-state index in [1.165, 1.54) is 25.0 Å². The molecule has 0 atom stereocenters. The molecule has 0 spiro atoms. The summed E-state index contributed by atoms with van der Waals surface area (Å²) in [4.78, 5) is 9.86. The van der Waals surface area contributed by atoms with Crippen LogP contribution in [0.15, 0.2) is 18.2 Å². The molecule has 1 aromatic rings. The van der Waals surface area contributed by atoms with E-state index in [1.807, 2.05) is 0 Å². The van der Waals surface area contributed by atoms with Gasteiger partial charge in [0.1, 0.15) is 0 Å². The van der Waals surface area contributed by atoms with Crippen LogP contribution in [0.1, 0.15) is 24.8 Å². The lowest BCUT2D eigenvalue weighted by Crippen LogP contribution is -2.16. The number of halogens is 1. The molecule has 0 bridgehead atoms. The number of nitrogens with zero attached hydrogens (tertiary/aromatic N) is 1. The fraction of sp³-hybridized carbons (Fsp3) is 0.500. The number of nitro groups is 1. The molecule has 1 aliphatic rings. The van der Waals surface area contributed by atoms with Gasteiger partial charge in [0.2, 0.25) is 5.82 Å². The zero-order valence-electron chi connectivity index (χ0n) is 9.49. The average molecular weight is 238 g/mol. The van der Waals surface area contributed by atoms with Crippen molar-refractivity contribution in [2.75, 3.05) is 6.54 Å². The molecule has 5 heteroatoms. The number of benzene rings is 1. The van der Waals surface area contributed by atoms with Crippen LogP contribution >= 0.6 is 0 Å². The molecule has 17 heavy (non-hydrogen) atoms. The van der Waals surface area contributed by atoms with Crippen LogP contribution in [0.2, 0.25) is 0 Å². The smallest absolute Gasteiger partial charge is 0.305 e. The maximum Gasteiger partial charge on any atom is 0.305 e. The molecular formula is C12H15FN2O2. The highest BCUT2D eigenvalue weighted by Crippen LogP contribution is 2.31. The Kier molecular flexibility index (Phi) is 3.68. The number of nitrogens with one attached hydrogen (secondary N) is 1. The van der Waals surface area contributed by atoms with Crippen molar-refractivity contribution in [3.8, 4) is 0 Å². The van der Waals surface area contributed by atoms with Crippen molar-refractivity contribution < 1.29 is 9.31 Å². The molecular weight excluding hydrogens is 223 g/mol. The first-order valence-corrected chi connectivity index (χ1v) is 5.81. The summed E-state index contributed by atoms with van der Waals surface area (Å²) in [6.45, 7) is 1.19. The third kappa shape index (κ3) is 3.23. The van der Waals surface area contributed by atoms with Gasteiger partial charge in [-0.1, -0.05) is 25.0 Å². The molecule has 0 radical (unpaired) electrons. The van der Waals surface area contributed by atoms with Crippen LogP contribution in [0.4, 0.5) is 10.1 Å². The van der Waals surface area contributed by atoms with E-state index >= 15 is 0 Å². The number of nitro benzene ring substituents is 1. The summed E-state index contributed by atoms with van der Waals surface area (Å²) in [7, 11) is 0. The van der Waals surface area contributed by atoms with Crippen molar-refractivity contribution in [2.24, 2.45) is 5.92 Å². The average Bonchev–Trinajstić information content (AvgIpc) is 3.10. The SMILES string of the molecule is O=[N+]([O-])c1cccc(CNCCC2CC2)c1F. The van der Waals surface area contributed by atoms with Crippen LogP contribution in [0.5, 0.6) is 0 Å². The first-order valence-electron chi connectivity index (χ1n) is 5.81. The molecule has 0 amide bonds. The second kappa shape index (κ2) is 5.23. The molecule has 2 rings (SSSR count). The van der Waals surface area contributed by atoms with Gasteiger partial charge in [0.25, 0.3) is 0 Å². The van der Waals surface area contributed by atoms with Gasteiger partial charge in [-0.15, -0.1) is 0 Å². The zero-order valence-corrected chi connectivity index (χ0v) is 9.49. The van der Waals surface area contributed by atoms with E-state index in [0.717, 1.165) is 18.9 Å². The van der Waals surface area contributed by atoms with Gasteiger partial charge in [-0.25, -0.2) is 0 Å². The highest BCUT2D eigenvalue weighted by atomic mass is 19.1. The predicted octanol–water partition coefficient (Wildman–Crippen LogP) is 2.62. The first-order chi connectivity index (χ1) is 8.18. The van der Waals surface area contributed by atoms with Crippen LogP contribution in [0.25, 0.3) is 0 Å². The summed E-state index contributed by atoms with van der Waals surface area (Å²) in [6.07, 6.45) is 3.70. The molecule has 92 valence electrons. The highest BCUT2D eigenvalue weighted by molar-refractivity contribution is 5.36. The summed E-state index contributed by atoms with van der Waals surface area (Å²) in [5.41, 5.74) is -0.0958. The molecule has 0 aliphatic heterocycles. The quantitative estimate of drug-likeness (QED) is 0.471. The first kappa shape index (κ1) is 12.0. The van der Waals surface area contributed by atoms with Crippen molar-refractivity contribution in [1.29, 1.82) is 0 Å². The van der Waals surface area contributed by atoms with Crippen molar-refractivity contribution in [2.45, 2.75) is 25.8 Å². The van der Waals surface area contributed by atoms with Crippen LogP contribution in [-0.4, -0.2) is 11.5 Å². The van der Waals surface area contributed by atoms with Crippen LogP contribution < -0.4 is 5.32 Å². The second-order valence-electron chi connectivity index (χ2n) is 4.42. The minimum atomic E-state index is -0.726. The zero-order chi connectivity index (χ0) is 12.3. The summed E-state index contributed by atoms with van der Waals surface area (Å²) < 4.78 is 13.6. The largest absolute Gasteiger partial charge is 0.313 e. The Labute approximate surface area is 99.0 Å². The van der Waals surface area contributed by atoms with E-state index < -0.39 is 16.4 Å². The van der Waals surface area contributed by atoms with Crippen molar-refractivity contribution in [3.05, 3.63) is 39.7 Å². The van der Waals surface area contributed by atoms with E-state index in [0.29, 0.717) is 12.1 Å². The topological polar surface area (TPSA) is 55.2 Å². The molecule has 1 fully saturated rings. The fourth-order valence-electron chi connectivity index (χ4n) is 1.78. The summed E-state index contributed by atoms with van der Waals surface area (Å²) >= 11 is 0. The third-order valence-electron chi connectivity index (χ3n) is 3.00. The van der Waals surface area contributed by atoms with Crippen LogP contribution in [0.3, 0.4) is 0 Å². The summed E-state index contributed by atoms with van der Waals surface area (Å²) in [5, 5.41) is 13.7. The summed E-state index contributed by atoms with van der Waals surface area (Å²) in [6, 6.07) is 4.27. The molecule has 1 saturated carbocycles. The van der Waals surface area contributed by atoms with Gasteiger partial charge in [0.15, 0.2) is 0 Å². The molecule has 0 saturated heterocycles. The maximum absolute atomic E-state index is 13.6. The molecule has 0 aromatic heterocycles. The molecule has 1 aromatic carbocycles. The standard InChI is InChI=1S/C12H15FN2O2/c13-12-10(2-1-3-11(12)15(16)17)8-14-7-6-9-4-5-9/h1-3,9,14H,4-8H2. The van der Waals surface area contributed by atoms with Gasteiger partial charge in [0.05, 0.1) is 4.92 Å². The molecule has 1 N–H and O–H groups in total. The van der Waals surface area contributed by atoms with E-state index in [1.54, 1.807) is 6.07 Å². The lowest BCUT2D eigenvalue weighted by molar-refractivity contribution is -0.387. The Morgan fingerprint density at radius 3 is 2.88 bits per heavy atom. The summed E-state index contributed by atoms with van der Waals surface area (Å²) in [5.74, 6) is 0.105. The van der Waals surface area contributed by atoms with E-state index in [-0.39, 0.29) is 0 Å². The third-order valence-corrected chi connectivity index (χ3v) is 3.00. The lowest BCUT2D eigenvalue weighted by Gasteiger charge is -2.05. The highest BCUT2D eigenvalue weighted by Gasteiger charge is 2.20. The van der Waals surface area contributed by atoms with Gasteiger partial charge in [0, 0.05) is 18.2 Å². The van der Waals surface area contributed by atoms with Gasteiger partial charge in [-0.05, 0) is 18.9 Å². The molecule has 0 heterocycles. The van der Waals surface area contributed by atoms with Crippen molar-refractivity contribution >= 4 is 5.69 Å². The van der Waals surface area contributed by atoms with Crippen molar-refractivity contribution in [3.63, 3.8) is 0 Å². The Bertz CT molecular complexity index is 419.